The maximum atomic E-state index is 13.7. The molecule has 8 heteroatoms. The minimum absolute atomic E-state index is 0.111. The molecule has 0 aromatic heterocycles. The Morgan fingerprint density at radius 1 is 1.40 bits per heavy atom. The summed E-state index contributed by atoms with van der Waals surface area (Å²) in [5.74, 6) is -3.68. The molecule has 0 radical (unpaired) electrons. The zero-order valence-corrected chi connectivity index (χ0v) is 10.5. The minimum Gasteiger partial charge on any atom is -0.475 e. The normalized spacial score (nSPS) is 15.6. The Labute approximate surface area is 112 Å². The van der Waals surface area contributed by atoms with Crippen LogP contribution in [0.3, 0.4) is 0 Å². The Balaban J connectivity index is 2.26. The predicted molar refractivity (Wildman–Crippen MR) is 62.2 cm³/mol. The highest BCUT2D eigenvalue weighted by atomic mass is 19.1. The summed E-state index contributed by atoms with van der Waals surface area (Å²) >= 11 is 0. The fourth-order valence-electron chi connectivity index (χ4n) is 1.74. The number of carbonyl (C=O) groups excluding carboxylic acids is 1. The fraction of sp³-hybridized carbons (Fsp3) is 0.417. The lowest BCUT2D eigenvalue weighted by molar-refractivity contribution is -0.387. The highest BCUT2D eigenvalue weighted by Gasteiger charge is 2.39. The number of nitro benzene ring substituents is 1. The molecule has 1 aliphatic carbocycles. The molecule has 0 saturated heterocycles. The summed E-state index contributed by atoms with van der Waals surface area (Å²) in [6.07, 6.45) is 0.406. The van der Waals surface area contributed by atoms with E-state index in [9.17, 15) is 23.7 Å². The van der Waals surface area contributed by atoms with Crippen molar-refractivity contribution in [1.82, 2.24) is 0 Å². The first-order chi connectivity index (χ1) is 9.43. The maximum Gasteiger partial charge on any atom is 0.347 e. The lowest BCUT2D eigenvalue weighted by Gasteiger charge is -2.16. The van der Waals surface area contributed by atoms with Crippen LogP contribution in [0.1, 0.15) is 12.8 Å². The summed E-state index contributed by atoms with van der Waals surface area (Å²) in [5.41, 5.74) is -0.990. The van der Waals surface area contributed by atoms with E-state index in [0.717, 1.165) is 20.0 Å². The monoisotopic (exact) mass is 287 g/mol. The van der Waals surface area contributed by atoms with Crippen molar-refractivity contribution in [2.75, 3.05) is 7.11 Å². The van der Waals surface area contributed by atoms with Gasteiger partial charge in [0.1, 0.15) is 0 Å². The molecule has 1 saturated carbocycles. The van der Waals surface area contributed by atoms with Crippen LogP contribution >= 0.6 is 0 Å². The summed E-state index contributed by atoms with van der Waals surface area (Å²) in [6.45, 7) is 0. The van der Waals surface area contributed by atoms with Gasteiger partial charge in [0.2, 0.25) is 5.82 Å². The second-order valence-corrected chi connectivity index (χ2v) is 4.39. The van der Waals surface area contributed by atoms with Gasteiger partial charge in [0.15, 0.2) is 17.7 Å². The average Bonchev–Trinajstić information content (AvgIpc) is 3.22. The van der Waals surface area contributed by atoms with Crippen molar-refractivity contribution in [1.29, 1.82) is 0 Å². The Hall–Kier alpha value is -2.25. The molecule has 0 N–H and O–H groups in total. The zero-order chi connectivity index (χ0) is 14.9. The molecule has 2 rings (SSSR count). The smallest absolute Gasteiger partial charge is 0.347 e. The molecule has 0 aliphatic heterocycles. The van der Waals surface area contributed by atoms with Gasteiger partial charge in [0.05, 0.1) is 18.1 Å². The van der Waals surface area contributed by atoms with Gasteiger partial charge in [-0.15, -0.1) is 0 Å². The van der Waals surface area contributed by atoms with Gasteiger partial charge >= 0.3 is 11.7 Å². The third-order valence-electron chi connectivity index (χ3n) is 2.94. The molecule has 1 aromatic carbocycles. The van der Waals surface area contributed by atoms with E-state index in [0.29, 0.717) is 12.1 Å². The number of nitro groups is 1. The molecule has 108 valence electrons. The Morgan fingerprint density at radius 3 is 2.55 bits per heavy atom. The standard InChI is InChI=1S/C12H11F2NO5/c1-19-12(16)11(6-2-3-6)20-10-5-7(13)9(15(17)18)4-8(10)14/h4-6,11H,2-3H2,1H3. The van der Waals surface area contributed by atoms with Crippen LogP contribution in [0.25, 0.3) is 0 Å². The fourth-order valence-corrected chi connectivity index (χ4v) is 1.74. The molecule has 0 bridgehead atoms. The van der Waals surface area contributed by atoms with Crippen LogP contribution in [-0.2, 0) is 9.53 Å². The Morgan fingerprint density at radius 2 is 2.05 bits per heavy atom. The van der Waals surface area contributed by atoms with Gasteiger partial charge in [-0.1, -0.05) is 0 Å². The van der Waals surface area contributed by atoms with E-state index in [2.05, 4.69) is 4.74 Å². The van der Waals surface area contributed by atoms with Crippen LogP contribution in [0.2, 0.25) is 0 Å². The van der Waals surface area contributed by atoms with E-state index >= 15 is 0 Å². The molecule has 1 aromatic rings. The van der Waals surface area contributed by atoms with E-state index in [-0.39, 0.29) is 5.92 Å². The van der Waals surface area contributed by atoms with Crippen LogP contribution in [0, 0.1) is 27.7 Å². The van der Waals surface area contributed by atoms with Crippen LogP contribution in [0.15, 0.2) is 12.1 Å². The van der Waals surface area contributed by atoms with Gasteiger partial charge in [-0.2, -0.15) is 4.39 Å². The SMILES string of the molecule is COC(=O)C(Oc1cc(F)c([N+](=O)[O-])cc1F)C1CC1. The van der Waals surface area contributed by atoms with Crippen molar-refractivity contribution in [3.8, 4) is 5.75 Å². The van der Waals surface area contributed by atoms with E-state index < -0.39 is 40.1 Å². The topological polar surface area (TPSA) is 78.7 Å². The van der Waals surface area contributed by atoms with E-state index in [1.807, 2.05) is 0 Å². The lowest BCUT2D eigenvalue weighted by Crippen LogP contribution is -2.31. The number of nitrogens with zero attached hydrogens (tertiary/aromatic N) is 1. The van der Waals surface area contributed by atoms with Gasteiger partial charge in [0.25, 0.3) is 0 Å². The second kappa shape index (κ2) is 5.40. The minimum atomic E-state index is -1.23. The van der Waals surface area contributed by atoms with Crippen molar-refractivity contribution in [3.63, 3.8) is 0 Å². The summed E-state index contributed by atoms with van der Waals surface area (Å²) in [6, 6.07) is 0.984. The molecule has 0 heterocycles. The van der Waals surface area contributed by atoms with Crippen molar-refractivity contribution in [2.45, 2.75) is 18.9 Å². The Bertz CT molecular complexity index is 559. The molecule has 0 amide bonds. The van der Waals surface area contributed by atoms with E-state index in [4.69, 9.17) is 4.74 Å². The first-order valence-electron chi connectivity index (χ1n) is 5.82. The van der Waals surface area contributed by atoms with Crippen LogP contribution in [0.4, 0.5) is 14.5 Å². The van der Waals surface area contributed by atoms with E-state index in [1.54, 1.807) is 0 Å². The van der Waals surface area contributed by atoms with E-state index in [1.165, 1.54) is 0 Å². The Kier molecular flexibility index (Phi) is 3.82. The molecular formula is C12H11F2NO5. The van der Waals surface area contributed by atoms with Crippen molar-refractivity contribution in [3.05, 3.63) is 33.9 Å². The van der Waals surface area contributed by atoms with Crippen LogP contribution < -0.4 is 4.74 Å². The van der Waals surface area contributed by atoms with Gasteiger partial charge in [-0.3, -0.25) is 10.1 Å². The van der Waals surface area contributed by atoms with Crippen molar-refractivity contribution in [2.24, 2.45) is 5.92 Å². The number of rotatable bonds is 5. The number of esters is 1. The van der Waals surface area contributed by atoms with Crippen molar-refractivity contribution < 1.29 is 28.0 Å². The zero-order valence-electron chi connectivity index (χ0n) is 10.5. The first kappa shape index (κ1) is 14.2. The largest absolute Gasteiger partial charge is 0.475 e. The average molecular weight is 287 g/mol. The van der Waals surface area contributed by atoms with Crippen LogP contribution in [0.5, 0.6) is 5.75 Å². The number of methoxy groups -OCH3 is 1. The summed E-state index contributed by atoms with van der Waals surface area (Å²) in [5, 5.41) is 10.5. The van der Waals surface area contributed by atoms with Crippen molar-refractivity contribution >= 4 is 11.7 Å². The number of halogens is 2. The lowest BCUT2D eigenvalue weighted by atomic mass is 10.2. The molecule has 1 unspecified atom stereocenters. The first-order valence-corrected chi connectivity index (χ1v) is 5.82. The molecule has 20 heavy (non-hydrogen) atoms. The number of ether oxygens (including phenoxy) is 2. The molecule has 1 fully saturated rings. The van der Waals surface area contributed by atoms with Gasteiger partial charge in [0, 0.05) is 12.0 Å². The van der Waals surface area contributed by atoms with Gasteiger partial charge < -0.3 is 9.47 Å². The number of hydrogen-bond donors (Lipinski definition) is 0. The number of carbonyl (C=O) groups is 1. The second-order valence-electron chi connectivity index (χ2n) is 4.39. The van der Waals surface area contributed by atoms with Gasteiger partial charge in [-0.25, -0.2) is 9.18 Å². The van der Waals surface area contributed by atoms with Crippen LogP contribution in [-0.4, -0.2) is 24.1 Å². The molecule has 0 spiro atoms. The van der Waals surface area contributed by atoms with Gasteiger partial charge in [-0.05, 0) is 12.8 Å². The summed E-state index contributed by atoms with van der Waals surface area (Å²) in [7, 11) is 1.16. The molecular weight excluding hydrogens is 276 g/mol. The highest BCUT2D eigenvalue weighted by molar-refractivity contribution is 5.75. The predicted octanol–water partition coefficient (Wildman–Crippen LogP) is 2.20. The molecule has 6 nitrogen and oxygen atoms in total. The number of benzene rings is 1. The summed E-state index contributed by atoms with van der Waals surface area (Å²) < 4.78 is 36.7. The third-order valence-corrected chi connectivity index (χ3v) is 2.94. The molecule has 1 atom stereocenters. The maximum absolute atomic E-state index is 13.7. The third kappa shape index (κ3) is 2.84. The summed E-state index contributed by atoms with van der Waals surface area (Å²) in [4.78, 5) is 20.9. The quantitative estimate of drug-likeness (QED) is 0.471. The number of hydrogen-bond acceptors (Lipinski definition) is 5. The highest BCUT2D eigenvalue weighted by Crippen LogP contribution is 2.37. The molecule has 1 aliphatic rings.